The van der Waals surface area contributed by atoms with Crippen molar-refractivity contribution in [3.63, 3.8) is 0 Å². The Morgan fingerprint density at radius 1 is 1.00 bits per heavy atom. The highest BCUT2D eigenvalue weighted by atomic mass is 35.5. The minimum absolute atomic E-state index is 0.0128. The van der Waals surface area contributed by atoms with Gasteiger partial charge >= 0.3 is 0 Å². The summed E-state index contributed by atoms with van der Waals surface area (Å²) in [4.78, 5) is 22.7. The number of carbonyl (C=O) groups is 1. The van der Waals surface area contributed by atoms with Gasteiger partial charge in [-0.3, -0.25) is 19.6 Å². The number of aryl methyl sites for hydroxylation is 2. The minimum Gasteiger partial charge on any atom is -0.322 e. The fourth-order valence-corrected chi connectivity index (χ4v) is 4.18. The Hall–Kier alpha value is -3.43. The van der Waals surface area contributed by atoms with E-state index in [4.69, 9.17) is 11.6 Å². The van der Waals surface area contributed by atoms with Crippen molar-refractivity contribution in [2.24, 2.45) is 0 Å². The van der Waals surface area contributed by atoms with Crippen LogP contribution in [0, 0.1) is 24.0 Å². The highest BCUT2D eigenvalue weighted by Gasteiger charge is 2.18. The van der Waals surface area contributed by atoms with Gasteiger partial charge in [0, 0.05) is 17.8 Å². The maximum absolute atomic E-state index is 12.7. The third kappa shape index (κ3) is 5.19. The van der Waals surface area contributed by atoms with Crippen molar-refractivity contribution in [3.8, 4) is 0 Å². The molecule has 0 radical (unpaired) electrons. The molecular weight excluding hydrogens is 442 g/mol. The van der Waals surface area contributed by atoms with Crippen LogP contribution in [0.1, 0.15) is 21.5 Å². The van der Waals surface area contributed by atoms with Crippen molar-refractivity contribution in [3.05, 3.63) is 92.5 Å². The van der Waals surface area contributed by atoms with E-state index in [1.165, 1.54) is 36.4 Å². The summed E-state index contributed by atoms with van der Waals surface area (Å²) in [5, 5.41) is 13.5. The molecule has 10 heteroatoms. The van der Waals surface area contributed by atoms with Gasteiger partial charge in [0.25, 0.3) is 21.6 Å². The average molecular weight is 460 g/mol. The predicted molar refractivity (Wildman–Crippen MR) is 119 cm³/mol. The van der Waals surface area contributed by atoms with Gasteiger partial charge in [0.05, 0.1) is 26.1 Å². The van der Waals surface area contributed by atoms with E-state index in [-0.39, 0.29) is 21.2 Å². The van der Waals surface area contributed by atoms with E-state index in [0.29, 0.717) is 11.4 Å². The smallest absolute Gasteiger partial charge is 0.270 e. The second kappa shape index (κ2) is 8.75. The summed E-state index contributed by atoms with van der Waals surface area (Å²) in [5.41, 5.74) is 2.25. The monoisotopic (exact) mass is 459 g/mol. The molecule has 0 bridgehead atoms. The molecule has 160 valence electrons. The molecule has 0 aliphatic rings. The molecule has 3 aromatic carbocycles. The zero-order chi connectivity index (χ0) is 22.8. The van der Waals surface area contributed by atoms with Crippen LogP contribution in [-0.2, 0) is 10.0 Å². The standard InChI is InChI=1S/C21H18ClN3O5S/c1-13-3-10-20(14(2)11-13)24-31(29,30)17-7-4-15(5-8-17)23-21(26)18-12-16(25(27)28)6-9-19(18)22/h3-12,24H,1-2H3,(H,23,26). The summed E-state index contributed by atoms with van der Waals surface area (Å²) in [6.07, 6.45) is 0. The Kier molecular flexibility index (Phi) is 6.28. The predicted octanol–water partition coefficient (Wildman–Crippen LogP) is 4.92. The lowest BCUT2D eigenvalue weighted by Crippen LogP contribution is -2.15. The lowest BCUT2D eigenvalue weighted by atomic mass is 10.1. The van der Waals surface area contributed by atoms with Crippen molar-refractivity contribution in [1.82, 2.24) is 0 Å². The van der Waals surface area contributed by atoms with Crippen LogP contribution in [-0.4, -0.2) is 19.2 Å². The van der Waals surface area contributed by atoms with Gasteiger partial charge in [0.2, 0.25) is 0 Å². The zero-order valence-corrected chi connectivity index (χ0v) is 18.1. The molecule has 0 aromatic heterocycles. The number of carbonyl (C=O) groups excluding carboxylic acids is 1. The SMILES string of the molecule is Cc1ccc(NS(=O)(=O)c2ccc(NC(=O)c3cc([N+](=O)[O-])ccc3Cl)cc2)c(C)c1. The molecule has 0 fully saturated rings. The number of hydrogen-bond acceptors (Lipinski definition) is 5. The number of nitrogens with one attached hydrogen (secondary N) is 2. The van der Waals surface area contributed by atoms with Gasteiger partial charge in [-0.25, -0.2) is 8.42 Å². The van der Waals surface area contributed by atoms with E-state index in [2.05, 4.69) is 10.0 Å². The lowest BCUT2D eigenvalue weighted by molar-refractivity contribution is -0.384. The van der Waals surface area contributed by atoms with Crippen LogP contribution in [0.4, 0.5) is 17.1 Å². The minimum atomic E-state index is -3.83. The summed E-state index contributed by atoms with van der Waals surface area (Å²) in [5.74, 6) is -0.655. The Morgan fingerprint density at radius 3 is 2.29 bits per heavy atom. The average Bonchev–Trinajstić information content (AvgIpc) is 2.70. The molecule has 0 saturated heterocycles. The molecule has 3 rings (SSSR count). The molecule has 0 saturated carbocycles. The van der Waals surface area contributed by atoms with Crippen molar-refractivity contribution in [2.75, 3.05) is 10.0 Å². The number of anilines is 2. The van der Waals surface area contributed by atoms with Crippen molar-refractivity contribution < 1.29 is 18.1 Å². The summed E-state index contributed by atoms with van der Waals surface area (Å²) >= 11 is 5.98. The number of nitro benzene ring substituents is 1. The first-order valence-corrected chi connectivity index (χ1v) is 10.9. The summed E-state index contributed by atoms with van der Waals surface area (Å²) < 4.78 is 27.9. The summed E-state index contributed by atoms with van der Waals surface area (Å²) in [7, 11) is -3.83. The number of hydrogen-bond donors (Lipinski definition) is 2. The van der Waals surface area contributed by atoms with E-state index in [9.17, 15) is 23.3 Å². The van der Waals surface area contributed by atoms with Crippen LogP contribution in [0.2, 0.25) is 5.02 Å². The number of halogens is 1. The van der Waals surface area contributed by atoms with Gasteiger partial charge in [0.15, 0.2) is 0 Å². The number of amides is 1. The number of benzene rings is 3. The number of nitrogens with zero attached hydrogens (tertiary/aromatic N) is 1. The summed E-state index contributed by atoms with van der Waals surface area (Å²) in [6.45, 7) is 3.72. The molecular formula is C21H18ClN3O5S. The summed E-state index contributed by atoms with van der Waals surface area (Å²) in [6, 6.07) is 14.4. The van der Waals surface area contributed by atoms with Crippen LogP contribution in [0.5, 0.6) is 0 Å². The highest BCUT2D eigenvalue weighted by molar-refractivity contribution is 7.92. The quantitative estimate of drug-likeness (QED) is 0.400. The molecule has 0 unspecified atom stereocenters. The normalized spacial score (nSPS) is 11.1. The van der Waals surface area contributed by atoms with E-state index < -0.39 is 20.9 Å². The highest BCUT2D eigenvalue weighted by Crippen LogP contribution is 2.25. The van der Waals surface area contributed by atoms with Gasteiger partial charge in [-0.2, -0.15) is 0 Å². The van der Waals surface area contributed by atoms with Gasteiger partial charge in [-0.05, 0) is 55.8 Å². The molecule has 8 nitrogen and oxygen atoms in total. The van der Waals surface area contributed by atoms with Crippen molar-refractivity contribution in [1.29, 1.82) is 0 Å². The van der Waals surface area contributed by atoms with Crippen LogP contribution in [0.15, 0.2) is 65.6 Å². The Bertz CT molecular complexity index is 1270. The third-order valence-corrected chi connectivity index (χ3v) is 6.17. The van der Waals surface area contributed by atoms with Crippen LogP contribution >= 0.6 is 11.6 Å². The van der Waals surface area contributed by atoms with E-state index in [0.717, 1.165) is 17.2 Å². The molecule has 0 heterocycles. The number of nitro groups is 1. The Balaban J connectivity index is 1.77. The molecule has 31 heavy (non-hydrogen) atoms. The number of sulfonamides is 1. The molecule has 0 aliphatic heterocycles. The Labute approximate surface area is 184 Å². The molecule has 3 aromatic rings. The molecule has 2 N–H and O–H groups in total. The van der Waals surface area contributed by atoms with Crippen molar-refractivity contribution >= 4 is 44.6 Å². The maximum Gasteiger partial charge on any atom is 0.270 e. The Morgan fingerprint density at radius 2 is 1.68 bits per heavy atom. The topological polar surface area (TPSA) is 118 Å². The van der Waals surface area contributed by atoms with Gasteiger partial charge in [-0.15, -0.1) is 0 Å². The molecule has 1 amide bonds. The van der Waals surface area contributed by atoms with Gasteiger partial charge in [0.1, 0.15) is 0 Å². The first-order valence-electron chi connectivity index (χ1n) is 9.02. The van der Waals surface area contributed by atoms with Crippen LogP contribution < -0.4 is 10.0 Å². The fourth-order valence-electron chi connectivity index (χ4n) is 2.85. The second-order valence-corrected chi connectivity index (χ2v) is 8.91. The van der Waals surface area contributed by atoms with Crippen LogP contribution in [0.3, 0.4) is 0 Å². The first kappa shape index (κ1) is 22.3. The number of rotatable bonds is 6. The van der Waals surface area contributed by atoms with E-state index in [1.807, 2.05) is 26.0 Å². The fraction of sp³-hybridized carbons (Fsp3) is 0.0952. The third-order valence-electron chi connectivity index (χ3n) is 4.45. The second-order valence-electron chi connectivity index (χ2n) is 6.82. The van der Waals surface area contributed by atoms with Crippen molar-refractivity contribution in [2.45, 2.75) is 18.7 Å². The maximum atomic E-state index is 12.7. The molecule has 0 atom stereocenters. The lowest BCUT2D eigenvalue weighted by Gasteiger charge is -2.12. The first-order chi connectivity index (χ1) is 14.6. The number of non-ortho nitro benzene ring substituents is 1. The molecule has 0 aliphatic carbocycles. The molecule has 0 spiro atoms. The van der Waals surface area contributed by atoms with Crippen LogP contribution in [0.25, 0.3) is 0 Å². The van der Waals surface area contributed by atoms with E-state index in [1.54, 1.807) is 6.07 Å². The largest absolute Gasteiger partial charge is 0.322 e. The van der Waals surface area contributed by atoms with Gasteiger partial charge in [-0.1, -0.05) is 29.3 Å². The zero-order valence-electron chi connectivity index (χ0n) is 16.5. The van der Waals surface area contributed by atoms with E-state index >= 15 is 0 Å². The van der Waals surface area contributed by atoms with Gasteiger partial charge < -0.3 is 5.32 Å².